The molecule has 0 radical (unpaired) electrons. The van der Waals surface area contributed by atoms with Gasteiger partial charge in [-0.05, 0) is 19.0 Å². The minimum atomic E-state index is -0.866. The third-order valence-electron chi connectivity index (χ3n) is 3.37. The van der Waals surface area contributed by atoms with Gasteiger partial charge in [-0.2, -0.15) is 0 Å². The topological polar surface area (TPSA) is 78.9 Å². The summed E-state index contributed by atoms with van der Waals surface area (Å²) >= 11 is 0. The van der Waals surface area contributed by atoms with Crippen molar-refractivity contribution >= 4 is 12.1 Å². The van der Waals surface area contributed by atoms with Crippen molar-refractivity contribution in [2.75, 3.05) is 13.6 Å². The molecule has 0 saturated carbocycles. The van der Waals surface area contributed by atoms with Gasteiger partial charge in [0.15, 0.2) is 0 Å². The van der Waals surface area contributed by atoms with Crippen molar-refractivity contribution in [2.45, 2.75) is 25.1 Å². The lowest BCUT2D eigenvalue weighted by Crippen LogP contribution is -2.36. The first-order valence-corrected chi connectivity index (χ1v) is 6.46. The summed E-state index contributed by atoms with van der Waals surface area (Å²) in [4.78, 5) is 24.3. The molecule has 0 spiro atoms. The van der Waals surface area contributed by atoms with Gasteiger partial charge >= 0.3 is 12.1 Å². The average molecular weight is 278 g/mol. The molecular weight excluding hydrogens is 260 g/mol. The van der Waals surface area contributed by atoms with E-state index in [4.69, 9.17) is 9.84 Å². The lowest BCUT2D eigenvalue weighted by Gasteiger charge is -2.13. The highest BCUT2D eigenvalue weighted by Gasteiger charge is 2.35. The first-order chi connectivity index (χ1) is 9.56. The van der Waals surface area contributed by atoms with Gasteiger partial charge < -0.3 is 15.2 Å². The lowest BCUT2D eigenvalue weighted by atomic mass is 10.2. The molecule has 2 atom stereocenters. The number of carbonyl (C=O) groups is 2. The molecule has 6 heteroatoms. The monoisotopic (exact) mass is 278 g/mol. The van der Waals surface area contributed by atoms with Crippen LogP contribution in [-0.4, -0.2) is 47.7 Å². The minimum Gasteiger partial charge on any atom is -0.480 e. The molecular formula is C14H18N2O4. The Labute approximate surface area is 117 Å². The molecule has 2 rings (SSSR count). The predicted octanol–water partition coefficient (Wildman–Crippen LogP) is 1.07. The summed E-state index contributed by atoms with van der Waals surface area (Å²) in [5.41, 5.74) is 0.912. The van der Waals surface area contributed by atoms with Gasteiger partial charge in [0.2, 0.25) is 0 Å². The predicted molar refractivity (Wildman–Crippen MR) is 72.2 cm³/mol. The molecule has 6 nitrogen and oxygen atoms in total. The third-order valence-corrected chi connectivity index (χ3v) is 3.37. The van der Waals surface area contributed by atoms with E-state index in [2.05, 4.69) is 5.32 Å². The Balaban J connectivity index is 1.77. The molecule has 20 heavy (non-hydrogen) atoms. The smallest absolute Gasteiger partial charge is 0.407 e. The Bertz CT molecular complexity index is 477. The van der Waals surface area contributed by atoms with Crippen LogP contribution in [-0.2, 0) is 16.1 Å². The first kappa shape index (κ1) is 14.3. The second-order valence-corrected chi connectivity index (χ2v) is 4.93. The van der Waals surface area contributed by atoms with Gasteiger partial charge in [-0.15, -0.1) is 0 Å². The zero-order valence-electron chi connectivity index (χ0n) is 11.3. The van der Waals surface area contributed by atoms with Crippen LogP contribution in [0.1, 0.15) is 12.0 Å². The number of hydrogen-bond acceptors (Lipinski definition) is 4. The van der Waals surface area contributed by atoms with Crippen molar-refractivity contribution in [1.29, 1.82) is 0 Å². The Morgan fingerprint density at radius 3 is 2.70 bits per heavy atom. The number of carbonyl (C=O) groups excluding carboxylic acids is 1. The molecule has 1 heterocycles. The number of carboxylic acids is 1. The highest BCUT2D eigenvalue weighted by Crippen LogP contribution is 2.16. The van der Waals surface area contributed by atoms with Crippen molar-refractivity contribution in [1.82, 2.24) is 10.2 Å². The summed E-state index contributed by atoms with van der Waals surface area (Å²) in [6, 6.07) is 8.65. The zero-order valence-corrected chi connectivity index (χ0v) is 11.3. The van der Waals surface area contributed by atoms with Crippen LogP contribution in [0.4, 0.5) is 4.79 Å². The molecule has 0 aliphatic carbocycles. The summed E-state index contributed by atoms with van der Waals surface area (Å²) in [5.74, 6) is -0.866. The second kappa shape index (κ2) is 6.38. The SMILES string of the molecule is CN1C[C@@H](NC(=O)OCc2ccccc2)C[C@@H]1C(=O)O. The number of alkyl carbamates (subject to hydrolysis) is 1. The maximum atomic E-state index is 11.7. The number of nitrogens with zero attached hydrogens (tertiary/aromatic N) is 1. The van der Waals surface area contributed by atoms with E-state index in [0.717, 1.165) is 5.56 Å². The molecule has 1 aliphatic heterocycles. The van der Waals surface area contributed by atoms with Gasteiger partial charge in [0, 0.05) is 12.6 Å². The summed E-state index contributed by atoms with van der Waals surface area (Å²) in [5, 5.41) is 11.7. The zero-order chi connectivity index (χ0) is 14.5. The van der Waals surface area contributed by atoms with Gasteiger partial charge in [0.25, 0.3) is 0 Å². The molecule has 1 amide bonds. The van der Waals surface area contributed by atoms with Crippen LogP contribution in [0.5, 0.6) is 0 Å². The van der Waals surface area contributed by atoms with E-state index < -0.39 is 18.1 Å². The highest BCUT2D eigenvalue weighted by atomic mass is 16.5. The van der Waals surface area contributed by atoms with Crippen LogP contribution in [0.15, 0.2) is 30.3 Å². The first-order valence-electron chi connectivity index (χ1n) is 6.46. The van der Waals surface area contributed by atoms with E-state index in [1.807, 2.05) is 30.3 Å². The molecule has 0 bridgehead atoms. The molecule has 1 aromatic rings. The molecule has 1 saturated heterocycles. The van der Waals surface area contributed by atoms with Gasteiger partial charge in [-0.3, -0.25) is 9.69 Å². The van der Waals surface area contributed by atoms with Crippen LogP contribution in [0.2, 0.25) is 0 Å². The van der Waals surface area contributed by atoms with Crippen molar-refractivity contribution in [3.8, 4) is 0 Å². The minimum absolute atomic E-state index is 0.190. The van der Waals surface area contributed by atoms with Crippen LogP contribution >= 0.6 is 0 Å². The molecule has 108 valence electrons. The number of carboxylic acid groups (broad SMARTS) is 1. The number of amides is 1. The fraction of sp³-hybridized carbons (Fsp3) is 0.429. The van der Waals surface area contributed by atoms with Crippen molar-refractivity contribution < 1.29 is 19.4 Å². The normalized spacial score (nSPS) is 22.4. The largest absolute Gasteiger partial charge is 0.480 e. The number of hydrogen-bond donors (Lipinski definition) is 2. The van der Waals surface area contributed by atoms with Crippen molar-refractivity contribution in [2.24, 2.45) is 0 Å². The van der Waals surface area contributed by atoms with Crippen LogP contribution in [0, 0.1) is 0 Å². The number of likely N-dealkylation sites (N-methyl/N-ethyl adjacent to an activating group) is 1. The third kappa shape index (κ3) is 3.71. The Hall–Kier alpha value is -2.08. The molecule has 2 N–H and O–H groups in total. The van der Waals surface area contributed by atoms with E-state index in [0.29, 0.717) is 13.0 Å². The van der Waals surface area contributed by atoms with Gasteiger partial charge in [0.1, 0.15) is 12.6 Å². The van der Waals surface area contributed by atoms with E-state index in [9.17, 15) is 9.59 Å². The summed E-state index contributed by atoms with van der Waals surface area (Å²) in [6.07, 6.45) is -0.120. The summed E-state index contributed by atoms with van der Waals surface area (Å²) in [6.45, 7) is 0.717. The summed E-state index contributed by atoms with van der Waals surface area (Å²) < 4.78 is 5.10. The van der Waals surface area contributed by atoms with Gasteiger partial charge in [-0.1, -0.05) is 30.3 Å². The van der Waals surface area contributed by atoms with Crippen molar-refractivity contribution in [3.63, 3.8) is 0 Å². The molecule has 0 aromatic heterocycles. The Morgan fingerprint density at radius 1 is 1.40 bits per heavy atom. The molecule has 1 fully saturated rings. The van der Waals surface area contributed by atoms with E-state index in [-0.39, 0.29) is 12.6 Å². The van der Waals surface area contributed by atoms with E-state index in [1.54, 1.807) is 11.9 Å². The molecule has 1 aromatic carbocycles. The van der Waals surface area contributed by atoms with Crippen LogP contribution in [0.25, 0.3) is 0 Å². The Kier molecular flexibility index (Phi) is 4.57. The highest BCUT2D eigenvalue weighted by molar-refractivity contribution is 5.74. The fourth-order valence-corrected chi connectivity index (χ4v) is 2.32. The number of rotatable bonds is 4. The molecule has 1 aliphatic rings. The maximum Gasteiger partial charge on any atom is 0.407 e. The second-order valence-electron chi connectivity index (χ2n) is 4.93. The van der Waals surface area contributed by atoms with E-state index in [1.165, 1.54) is 0 Å². The van der Waals surface area contributed by atoms with E-state index >= 15 is 0 Å². The standard InChI is InChI=1S/C14H18N2O4/c1-16-8-11(7-12(16)13(17)18)15-14(19)20-9-10-5-3-2-4-6-10/h2-6,11-12H,7-9H2,1H3,(H,15,19)(H,17,18)/t11-,12+/m0/s1. The molecule has 0 unspecified atom stereocenters. The maximum absolute atomic E-state index is 11.7. The summed E-state index contributed by atoms with van der Waals surface area (Å²) in [7, 11) is 1.73. The average Bonchev–Trinajstić information content (AvgIpc) is 2.78. The van der Waals surface area contributed by atoms with Crippen molar-refractivity contribution in [3.05, 3.63) is 35.9 Å². The number of likely N-dealkylation sites (tertiary alicyclic amines) is 1. The van der Waals surface area contributed by atoms with Gasteiger partial charge in [-0.25, -0.2) is 4.79 Å². The number of benzene rings is 1. The number of nitrogens with one attached hydrogen (secondary N) is 1. The fourth-order valence-electron chi connectivity index (χ4n) is 2.32. The lowest BCUT2D eigenvalue weighted by molar-refractivity contribution is -0.141. The van der Waals surface area contributed by atoms with Crippen LogP contribution < -0.4 is 5.32 Å². The number of aliphatic carboxylic acids is 1. The van der Waals surface area contributed by atoms with Gasteiger partial charge in [0.05, 0.1) is 0 Å². The quantitative estimate of drug-likeness (QED) is 0.861. The number of ether oxygens (including phenoxy) is 1. The van der Waals surface area contributed by atoms with Crippen LogP contribution in [0.3, 0.4) is 0 Å². The Morgan fingerprint density at radius 2 is 2.10 bits per heavy atom.